The van der Waals surface area contributed by atoms with Crippen LogP contribution in [-0.4, -0.2) is 50.6 Å². The number of halogens is 1. The molecule has 2 aromatic rings. The molecule has 0 fully saturated rings. The van der Waals surface area contributed by atoms with Crippen LogP contribution < -0.4 is 20.2 Å². The van der Waals surface area contributed by atoms with Gasteiger partial charge in [-0.15, -0.1) is 0 Å². The largest absolute Gasteiger partial charge is 0.490 e. The number of esters is 1. The van der Waals surface area contributed by atoms with Crippen molar-refractivity contribution in [2.45, 2.75) is 33.2 Å². The van der Waals surface area contributed by atoms with E-state index < -0.39 is 24.0 Å². The molecule has 0 aliphatic carbocycles. The monoisotopic (exact) mass is 611 g/mol. The first-order valence-corrected chi connectivity index (χ1v) is 12.5. The summed E-state index contributed by atoms with van der Waals surface area (Å²) in [5.41, 5.74) is 3.89. The van der Waals surface area contributed by atoms with Gasteiger partial charge in [-0.2, -0.15) is 5.10 Å². The van der Waals surface area contributed by atoms with Crippen LogP contribution in [0.15, 0.2) is 47.6 Å². The van der Waals surface area contributed by atoms with Crippen molar-refractivity contribution in [1.29, 1.82) is 0 Å². The van der Waals surface area contributed by atoms with Crippen LogP contribution in [0.25, 0.3) is 0 Å². The van der Waals surface area contributed by atoms with E-state index in [9.17, 15) is 14.4 Å². The van der Waals surface area contributed by atoms with Gasteiger partial charge in [-0.25, -0.2) is 15.0 Å². The Bertz CT molecular complexity index is 1050. The van der Waals surface area contributed by atoms with Gasteiger partial charge in [0.1, 0.15) is 0 Å². The van der Waals surface area contributed by atoms with Crippen LogP contribution in [0, 0.1) is 3.57 Å². The molecule has 2 amide bonds. The third kappa shape index (κ3) is 9.72. The number of ether oxygens (including phenoxy) is 4. The van der Waals surface area contributed by atoms with Crippen LogP contribution in [0.2, 0.25) is 0 Å². The molecule has 0 saturated carbocycles. The molecule has 2 N–H and O–H groups in total. The van der Waals surface area contributed by atoms with E-state index in [0.29, 0.717) is 27.2 Å². The number of hydrogen-bond acceptors (Lipinski definition) is 8. The highest BCUT2D eigenvalue weighted by Crippen LogP contribution is 2.34. The Morgan fingerprint density at radius 3 is 2.39 bits per heavy atom. The predicted octanol–water partition coefficient (Wildman–Crippen LogP) is 3.96. The lowest BCUT2D eigenvalue weighted by Crippen LogP contribution is -2.33. The standard InChI is InChI=1S/C25H30IN3O7/c1-4-33-21-13-17(12-19(26)24(21)36-16-23(31)34-5-2)15-27-29-22(30)14-20(28-25(32)35-6-3)18-10-8-7-9-11-18/h7-13,15,20H,4-6,14,16H2,1-3H3,(H,28,32)(H,29,30)/b27-15-/t20-/m1/s1. The van der Waals surface area contributed by atoms with Gasteiger partial charge >= 0.3 is 12.1 Å². The average Bonchev–Trinajstić information content (AvgIpc) is 2.84. The molecule has 11 heteroatoms. The summed E-state index contributed by atoms with van der Waals surface area (Å²) in [6, 6.07) is 12.0. The topological polar surface area (TPSA) is 125 Å². The van der Waals surface area contributed by atoms with Gasteiger partial charge in [-0.3, -0.25) is 4.79 Å². The molecule has 2 aromatic carbocycles. The third-order valence-electron chi connectivity index (χ3n) is 4.53. The number of benzene rings is 2. The summed E-state index contributed by atoms with van der Waals surface area (Å²) in [5, 5.41) is 6.73. The smallest absolute Gasteiger partial charge is 0.407 e. The fourth-order valence-corrected chi connectivity index (χ4v) is 3.84. The molecule has 10 nitrogen and oxygen atoms in total. The lowest BCUT2D eigenvalue weighted by atomic mass is 10.0. The van der Waals surface area contributed by atoms with Gasteiger partial charge in [-0.1, -0.05) is 30.3 Å². The molecule has 2 rings (SSSR count). The summed E-state index contributed by atoms with van der Waals surface area (Å²) in [7, 11) is 0. The molecule has 36 heavy (non-hydrogen) atoms. The fourth-order valence-electron chi connectivity index (χ4n) is 3.06. The molecule has 0 heterocycles. The van der Waals surface area contributed by atoms with Crippen LogP contribution in [-0.2, 0) is 19.1 Å². The molecule has 0 unspecified atom stereocenters. The Labute approximate surface area is 223 Å². The van der Waals surface area contributed by atoms with E-state index in [2.05, 4.69) is 38.4 Å². The second kappa shape index (κ2) is 15.6. The number of carbonyl (C=O) groups excluding carboxylic acids is 3. The van der Waals surface area contributed by atoms with Crippen LogP contribution in [0.1, 0.15) is 44.4 Å². The highest BCUT2D eigenvalue weighted by molar-refractivity contribution is 14.1. The van der Waals surface area contributed by atoms with Crippen LogP contribution in [0.4, 0.5) is 4.79 Å². The maximum atomic E-state index is 12.5. The SMILES string of the molecule is CCOC(=O)COc1c(I)cc(/C=N\NC(=O)C[C@@H](NC(=O)OCC)c2ccccc2)cc1OCC. The highest BCUT2D eigenvalue weighted by atomic mass is 127. The Kier molecular flexibility index (Phi) is 12.5. The summed E-state index contributed by atoms with van der Waals surface area (Å²) in [4.78, 5) is 36.1. The van der Waals surface area contributed by atoms with Gasteiger partial charge < -0.3 is 24.3 Å². The summed E-state index contributed by atoms with van der Waals surface area (Å²) >= 11 is 2.07. The molecular formula is C25H30IN3O7. The summed E-state index contributed by atoms with van der Waals surface area (Å²) in [6.07, 6.45) is 0.822. The zero-order chi connectivity index (χ0) is 26.3. The Morgan fingerprint density at radius 1 is 1.00 bits per heavy atom. The lowest BCUT2D eigenvalue weighted by molar-refractivity contribution is -0.145. The number of hydrogen-bond donors (Lipinski definition) is 2. The number of alkyl carbamates (subject to hydrolysis) is 1. The maximum absolute atomic E-state index is 12.5. The van der Waals surface area contributed by atoms with E-state index in [4.69, 9.17) is 18.9 Å². The zero-order valence-electron chi connectivity index (χ0n) is 20.4. The lowest BCUT2D eigenvalue weighted by Gasteiger charge is -2.18. The van der Waals surface area contributed by atoms with E-state index in [-0.39, 0.29) is 26.2 Å². The minimum atomic E-state index is -0.606. The van der Waals surface area contributed by atoms with Crippen molar-refractivity contribution in [2.75, 3.05) is 26.4 Å². The van der Waals surface area contributed by atoms with Crippen LogP contribution >= 0.6 is 22.6 Å². The Hall–Kier alpha value is -3.35. The van der Waals surface area contributed by atoms with Crippen molar-refractivity contribution in [3.63, 3.8) is 0 Å². The number of nitrogens with zero attached hydrogens (tertiary/aromatic N) is 1. The van der Waals surface area contributed by atoms with Gasteiger partial charge in [-0.05, 0) is 66.6 Å². The van der Waals surface area contributed by atoms with Crippen LogP contribution in [0.3, 0.4) is 0 Å². The van der Waals surface area contributed by atoms with E-state index in [1.807, 2.05) is 37.3 Å². The van der Waals surface area contributed by atoms with Gasteiger partial charge in [0.15, 0.2) is 18.1 Å². The van der Waals surface area contributed by atoms with Gasteiger partial charge in [0.25, 0.3) is 0 Å². The van der Waals surface area contributed by atoms with Crippen molar-refractivity contribution >= 4 is 46.8 Å². The van der Waals surface area contributed by atoms with Crippen molar-refractivity contribution < 1.29 is 33.3 Å². The van der Waals surface area contributed by atoms with Crippen LogP contribution in [0.5, 0.6) is 11.5 Å². The second-order valence-corrected chi connectivity index (χ2v) is 8.34. The summed E-state index contributed by atoms with van der Waals surface area (Å²) in [5.74, 6) is -0.0203. The Balaban J connectivity index is 2.07. The van der Waals surface area contributed by atoms with Crippen molar-refractivity contribution in [2.24, 2.45) is 5.10 Å². The molecule has 0 aromatic heterocycles. The van der Waals surface area contributed by atoms with Gasteiger partial charge in [0, 0.05) is 0 Å². The van der Waals surface area contributed by atoms with Gasteiger partial charge in [0.05, 0.1) is 42.1 Å². The van der Waals surface area contributed by atoms with E-state index in [1.165, 1.54) is 6.21 Å². The quantitative estimate of drug-likeness (QED) is 0.152. The second-order valence-electron chi connectivity index (χ2n) is 7.18. The molecular weight excluding hydrogens is 581 g/mol. The fraction of sp³-hybridized carbons (Fsp3) is 0.360. The number of amides is 2. The van der Waals surface area contributed by atoms with E-state index in [1.54, 1.807) is 26.0 Å². The normalized spacial score (nSPS) is 11.4. The molecule has 0 aliphatic rings. The molecule has 0 aliphatic heterocycles. The molecule has 0 spiro atoms. The maximum Gasteiger partial charge on any atom is 0.407 e. The zero-order valence-corrected chi connectivity index (χ0v) is 22.6. The number of hydrazone groups is 1. The Morgan fingerprint density at radius 2 is 1.72 bits per heavy atom. The predicted molar refractivity (Wildman–Crippen MR) is 142 cm³/mol. The minimum Gasteiger partial charge on any atom is -0.490 e. The first-order chi connectivity index (χ1) is 17.4. The van der Waals surface area contributed by atoms with Gasteiger partial charge in [0.2, 0.25) is 5.91 Å². The van der Waals surface area contributed by atoms with Crippen molar-refractivity contribution in [3.05, 3.63) is 57.2 Å². The number of nitrogens with one attached hydrogen (secondary N) is 2. The van der Waals surface area contributed by atoms with E-state index >= 15 is 0 Å². The molecule has 1 atom stereocenters. The minimum absolute atomic E-state index is 0.0392. The number of carbonyl (C=O) groups is 3. The van der Waals surface area contributed by atoms with Crippen molar-refractivity contribution in [3.8, 4) is 11.5 Å². The average molecular weight is 611 g/mol. The molecule has 0 saturated heterocycles. The first kappa shape index (κ1) is 28.9. The number of rotatable bonds is 13. The van der Waals surface area contributed by atoms with Crippen molar-refractivity contribution in [1.82, 2.24) is 10.7 Å². The molecule has 0 bridgehead atoms. The highest BCUT2D eigenvalue weighted by Gasteiger charge is 2.19. The summed E-state index contributed by atoms with van der Waals surface area (Å²) < 4.78 is 21.8. The molecule has 194 valence electrons. The first-order valence-electron chi connectivity index (χ1n) is 11.4. The third-order valence-corrected chi connectivity index (χ3v) is 5.33. The molecule has 0 radical (unpaired) electrons. The van der Waals surface area contributed by atoms with E-state index in [0.717, 1.165) is 5.56 Å². The summed E-state index contributed by atoms with van der Waals surface area (Å²) in [6.45, 7) is 5.89.